The third kappa shape index (κ3) is 4.24. The van der Waals surface area contributed by atoms with Gasteiger partial charge in [0.2, 0.25) is 0 Å². The molecule has 0 saturated carbocycles. The minimum atomic E-state index is -0.572. The quantitative estimate of drug-likeness (QED) is 0.404. The zero-order valence-corrected chi connectivity index (χ0v) is 19.9. The largest absolute Gasteiger partial charge is 0.459 e. The first-order chi connectivity index (χ1) is 17.5. The van der Waals surface area contributed by atoms with Gasteiger partial charge >= 0.3 is 11.1 Å². The second-order valence-electron chi connectivity index (χ2n) is 8.69. The molecule has 1 aliphatic heterocycles. The number of nitrogens with zero attached hydrogens (tertiary/aromatic N) is 4. The van der Waals surface area contributed by atoms with Gasteiger partial charge in [-0.3, -0.25) is 23.7 Å². The molecular formula is C27H26N4O5. The van der Waals surface area contributed by atoms with Crippen molar-refractivity contribution in [2.75, 3.05) is 26.2 Å². The van der Waals surface area contributed by atoms with Crippen LogP contribution in [0.15, 0.2) is 80.9 Å². The van der Waals surface area contributed by atoms with Gasteiger partial charge < -0.3 is 18.8 Å². The van der Waals surface area contributed by atoms with Crippen molar-refractivity contribution in [3.63, 3.8) is 0 Å². The van der Waals surface area contributed by atoms with Gasteiger partial charge in [0, 0.05) is 38.3 Å². The number of fused-ring (bicyclic) bond motifs is 1. The number of piperazine rings is 1. The number of carbonyl (C=O) groups excluding carboxylic acids is 2. The van der Waals surface area contributed by atoms with Crippen LogP contribution in [0.25, 0.3) is 11.0 Å². The van der Waals surface area contributed by atoms with Crippen LogP contribution in [0.4, 0.5) is 0 Å². The van der Waals surface area contributed by atoms with Gasteiger partial charge in [0.05, 0.1) is 23.8 Å². The lowest BCUT2D eigenvalue weighted by molar-refractivity contribution is 0.0518. The zero-order valence-electron chi connectivity index (χ0n) is 19.9. The lowest BCUT2D eigenvalue weighted by Crippen LogP contribution is -2.50. The summed E-state index contributed by atoms with van der Waals surface area (Å²) in [6.45, 7) is 4.21. The highest BCUT2D eigenvalue weighted by Crippen LogP contribution is 2.15. The van der Waals surface area contributed by atoms with E-state index >= 15 is 0 Å². The maximum absolute atomic E-state index is 13.0. The van der Waals surface area contributed by atoms with Crippen molar-refractivity contribution in [3.8, 4) is 0 Å². The molecule has 9 heteroatoms. The van der Waals surface area contributed by atoms with Gasteiger partial charge in [0.25, 0.3) is 11.8 Å². The third-order valence-electron chi connectivity index (χ3n) is 6.58. The number of aromatic nitrogens is 2. The predicted octanol–water partition coefficient (Wildman–Crippen LogP) is 2.42. The lowest BCUT2D eigenvalue weighted by atomic mass is 10.1. The van der Waals surface area contributed by atoms with E-state index in [9.17, 15) is 19.2 Å². The van der Waals surface area contributed by atoms with Gasteiger partial charge in [-0.1, -0.05) is 24.3 Å². The molecule has 5 rings (SSSR count). The molecule has 0 radical (unpaired) electrons. The average Bonchev–Trinajstić information content (AvgIpc) is 3.46. The van der Waals surface area contributed by atoms with Crippen LogP contribution in [0.5, 0.6) is 0 Å². The summed E-state index contributed by atoms with van der Waals surface area (Å²) >= 11 is 0. The summed E-state index contributed by atoms with van der Waals surface area (Å²) in [5, 5.41) is 0. The number of amides is 2. The fourth-order valence-electron chi connectivity index (χ4n) is 4.63. The molecule has 36 heavy (non-hydrogen) atoms. The van der Waals surface area contributed by atoms with Gasteiger partial charge in [-0.15, -0.1) is 0 Å². The van der Waals surface area contributed by atoms with E-state index in [0.29, 0.717) is 55.1 Å². The van der Waals surface area contributed by atoms with Crippen molar-refractivity contribution in [3.05, 3.63) is 105 Å². The third-order valence-corrected chi connectivity index (χ3v) is 6.58. The highest BCUT2D eigenvalue weighted by Gasteiger charge is 2.26. The van der Waals surface area contributed by atoms with Gasteiger partial charge in [-0.2, -0.15) is 0 Å². The molecule has 0 atom stereocenters. The van der Waals surface area contributed by atoms with Gasteiger partial charge in [0.1, 0.15) is 0 Å². The molecule has 9 nitrogen and oxygen atoms in total. The molecule has 0 unspecified atom stereocenters. The Bertz CT molecular complexity index is 1530. The van der Waals surface area contributed by atoms with Crippen LogP contribution in [-0.2, 0) is 13.1 Å². The Morgan fingerprint density at radius 2 is 1.33 bits per heavy atom. The first-order valence-electron chi connectivity index (χ1n) is 11.9. The Balaban J connectivity index is 1.30. The maximum Gasteiger partial charge on any atom is 0.317 e. The number of hydrogen-bond donors (Lipinski definition) is 0. The van der Waals surface area contributed by atoms with Crippen molar-refractivity contribution < 1.29 is 14.0 Å². The topological polar surface area (TPSA) is 97.8 Å². The van der Waals surface area contributed by atoms with Crippen molar-refractivity contribution in [2.24, 2.45) is 0 Å². The fourth-order valence-corrected chi connectivity index (χ4v) is 4.63. The summed E-state index contributed by atoms with van der Waals surface area (Å²) < 4.78 is 8.15. The molecule has 0 aliphatic carbocycles. The summed E-state index contributed by atoms with van der Waals surface area (Å²) in [6, 6.07) is 17.7. The van der Waals surface area contributed by atoms with E-state index in [2.05, 4.69) is 0 Å². The first-order valence-corrected chi connectivity index (χ1v) is 11.9. The van der Waals surface area contributed by atoms with Crippen LogP contribution >= 0.6 is 0 Å². The van der Waals surface area contributed by atoms with Crippen molar-refractivity contribution >= 4 is 22.8 Å². The predicted molar refractivity (Wildman–Crippen MR) is 134 cm³/mol. The maximum atomic E-state index is 13.0. The van der Waals surface area contributed by atoms with E-state index in [1.165, 1.54) is 15.4 Å². The number of benzene rings is 2. The number of furan rings is 1. The van der Waals surface area contributed by atoms with Crippen molar-refractivity contribution in [1.82, 2.24) is 18.9 Å². The second-order valence-corrected chi connectivity index (χ2v) is 8.69. The summed E-state index contributed by atoms with van der Waals surface area (Å²) in [5.41, 5.74) is 1.61. The van der Waals surface area contributed by atoms with Gasteiger partial charge in [-0.05, 0) is 48.9 Å². The number of para-hydroxylation sites is 2. The number of carbonyl (C=O) groups is 2. The van der Waals surface area contributed by atoms with E-state index in [4.69, 9.17) is 4.42 Å². The van der Waals surface area contributed by atoms with Crippen LogP contribution < -0.4 is 11.1 Å². The zero-order chi connectivity index (χ0) is 25.2. The SMILES string of the molecule is CCn1c(=O)c(=O)n(Cc2ccc(C(=O)N3CCN(C(=O)c4ccco4)CC3)cc2)c2ccccc21. The molecule has 184 valence electrons. The average molecular weight is 487 g/mol. The monoisotopic (exact) mass is 486 g/mol. The van der Waals surface area contributed by atoms with E-state index in [1.807, 2.05) is 31.2 Å². The molecular weight excluding hydrogens is 460 g/mol. The first kappa shape index (κ1) is 23.3. The van der Waals surface area contributed by atoms with E-state index in [0.717, 1.165) is 5.56 Å². The Morgan fingerprint density at radius 3 is 1.92 bits per heavy atom. The number of rotatable bonds is 5. The van der Waals surface area contributed by atoms with Crippen LogP contribution in [-0.4, -0.2) is 56.9 Å². The lowest BCUT2D eigenvalue weighted by Gasteiger charge is -2.34. The summed E-state index contributed by atoms with van der Waals surface area (Å²) in [5.74, 6) is 0.00918. The molecule has 4 aromatic rings. The van der Waals surface area contributed by atoms with Crippen LogP contribution in [0.2, 0.25) is 0 Å². The standard InChI is InChI=1S/C27H26N4O5/c1-2-30-21-6-3-4-7-22(21)31(27(35)26(30)34)18-19-9-11-20(12-10-19)24(32)28-13-15-29(16-14-28)25(33)23-8-5-17-36-23/h3-12,17H,2,13-16,18H2,1H3. The number of hydrogen-bond acceptors (Lipinski definition) is 5. The van der Waals surface area contributed by atoms with E-state index in [-0.39, 0.29) is 18.4 Å². The molecule has 3 heterocycles. The number of aryl methyl sites for hydroxylation is 1. The molecule has 2 amide bonds. The smallest absolute Gasteiger partial charge is 0.317 e. The van der Waals surface area contributed by atoms with E-state index in [1.54, 1.807) is 46.2 Å². The Labute approximate surface area is 206 Å². The second kappa shape index (κ2) is 9.69. The Hall–Kier alpha value is -4.40. The minimum Gasteiger partial charge on any atom is -0.459 e. The molecule has 0 spiro atoms. The summed E-state index contributed by atoms with van der Waals surface area (Å²) in [6.07, 6.45) is 1.47. The van der Waals surface area contributed by atoms with E-state index < -0.39 is 11.1 Å². The Morgan fingerprint density at radius 1 is 0.750 bits per heavy atom. The molecule has 1 aliphatic rings. The molecule has 2 aromatic carbocycles. The molecule has 2 aromatic heterocycles. The fraction of sp³-hybridized carbons (Fsp3) is 0.259. The highest BCUT2D eigenvalue weighted by atomic mass is 16.3. The molecule has 1 saturated heterocycles. The van der Waals surface area contributed by atoms with Crippen molar-refractivity contribution in [2.45, 2.75) is 20.0 Å². The highest BCUT2D eigenvalue weighted by molar-refractivity contribution is 5.95. The molecule has 1 fully saturated rings. The normalized spacial score (nSPS) is 13.8. The molecule has 0 bridgehead atoms. The minimum absolute atomic E-state index is 0.111. The van der Waals surface area contributed by atoms with Gasteiger partial charge in [-0.25, -0.2) is 0 Å². The van der Waals surface area contributed by atoms with Gasteiger partial charge in [0.15, 0.2) is 5.76 Å². The summed E-state index contributed by atoms with van der Waals surface area (Å²) in [4.78, 5) is 54.3. The molecule has 0 N–H and O–H groups in total. The Kier molecular flexibility index (Phi) is 6.28. The van der Waals surface area contributed by atoms with Crippen LogP contribution in [0, 0.1) is 0 Å². The van der Waals surface area contributed by atoms with Crippen LogP contribution in [0.1, 0.15) is 33.4 Å². The van der Waals surface area contributed by atoms with Crippen LogP contribution in [0.3, 0.4) is 0 Å². The summed E-state index contributed by atoms with van der Waals surface area (Å²) in [7, 11) is 0. The van der Waals surface area contributed by atoms with Crippen molar-refractivity contribution in [1.29, 1.82) is 0 Å².